The molecule has 2 rings (SSSR count). The van der Waals surface area contributed by atoms with Crippen molar-refractivity contribution in [1.29, 1.82) is 0 Å². The minimum absolute atomic E-state index is 0.104. The summed E-state index contributed by atoms with van der Waals surface area (Å²) in [6.45, 7) is 5.65. The standard InChI is InChI=1S/C19H28N2O4/c1-11-5-6-14(13-7-8-15(22)16(11)13)17(25-10-12(21)9-20)19(2,3)18(23)24-4/h5-6,9,15,17,22H,7-8,10,20-21H2,1-4H3/b12-9-. The third kappa shape index (κ3) is 3.65. The number of ether oxygens (including phenoxy) is 2. The van der Waals surface area contributed by atoms with Crippen molar-refractivity contribution in [1.82, 2.24) is 0 Å². The van der Waals surface area contributed by atoms with Gasteiger partial charge in [-0.05, 0) is 55.9 Å². The van der Waals surface area contributed by atoms with Crippen LogP contribution in [-0.4, -0.2) is 24.8 Å². The number of aliphatic hydroxyl groups is 1. The number of rotatable bonds is 6. The zero-order valence-corrected chi connectivity index (χ0v) is 15.3. The third-order valence-corrected chi connectivity index (χ3v) is 4.89. The van der Waals surface area contributed by atoms with Crippen molar-refractivity contribution in [2.24, 2.45) is 16.9 Å². The molecule has 2 atom stereocenters. The Morgan fingerprint density at radius 3 is 2.76 bits per heavy atom. The average Bonchev–Trinajstić information content (AvgIpc) is 2.98. The Balaban J connectivity index is 2.51. The van der Waals surface area contributed by atoms with E-state index in [2.05, 4.69) is 0 Å². The Kier molecular flexibility index (Phi) is 5.75. The maximum Gasteiger partial charge on any atom is 0.314 e. The van der Waals surface area contributed by atoms with E-state index < -0.39 is 17.6 Å². The molecule has 0 heterocycles. The second-order valence-electron chi connectivity index (χ2n) is 7.06. The molecule has 6 heteroatoms. The SMILES string of the molecule is COC(=O)C(C)(C)C(OC/C(N)=C/N)c1ccc(C)c2c1CCC2O. The molecule has 0 amide bonds. The lowest BCUT2D eigenvalue weighted by molar-refractivity contribution is -0.160. The number of benzene rings is 1. The van der Waals surface area contributed by atoms with Crippen LogP contribution in [0, 0.1) is 12.3 Å². The predicted molar refractivity (Wildman–Crippen MR) is 95.4 cm³/mol. The molecule has 0 spiro atoms. The van der Waals surface area contributed by atoms with Gasteiger partial charge in [-0.25, -0.2) is 0 Å². The number of hydrogen-bond acceptors (Lipinski definition) is 6. The number of fused-ring (bicyclic) bond motifs is 1. The summed E-state index contributed by atoms with van der Waals surface area (Å²) in [5.74, 6) is -0.374. The van der Waals surface area contributed by atoms with Gasteiger partial charge in [0.05, 0.1) is 37.0 Å². The lowest BCUT2D eigenvalue weighted by Gasteiger charge is -2.33. The highest BCUT2D eigenvalue weighted by atomic mass is 16.5. The van der Waals surface area contributed by atoms with Gasteiger partial charge in [0, 0.05) is 6.20 Å². The zero-order chi connectivity index (χ0) is 18.8. The maximum absolute atomic E-state index is 12.4. The second-order valence-corrected chi connectivity index (χ2v) is 7.06. The molecule has 2 unspecified atom stereocenters. The van der Waals surface area contributed by atoms with Gasteiger partial charge in [0.25, 0.3) is 0 Å². The molecule has 1 aromatic rings. The molecular formula is C19H28N2O4. The largest absolute Gasteiger partial charge is 0.469 e. The predicted octanol–water partition coefficient (Wildman–Crippen LogP) is 1.99. The molecule has 5 N–H and O–H groups in total. The van der Waals surface area contributed by atoms with Gasteiger partial charge in [-0.1, -0.05) is 12.1 Å². The van der Waals surface area contributed by atoms with Crippen LogP contribution in [0.15, 0.2) is 24.0 Å². The average molecular weight is 348 g/mol. The maximum atomic E-state index is 12.4. The molecule has 0 bridgehead atoms. The first kappa shape index (κ1) is 19.3. The second kappa shape index (κ2) is 7.45. The van der Waals surface area contributed by atoms with Crippen molar-refractivity contribution < 1.29 is 19.4 Å². The van der Waals surface area contributed by atoms with Gasteiger partial charge >= 0.3 is 5.97 Å². The molecule has 1 aliphatic rings. The highest BCUT2D eigenvalue weighted by molar-refractivity contribution is 5.77. The fraction of sp³-hybridized carbons (Fsp3) is 0.526. The van der Waals surface area contributed by atoms with Gasteiger partial charge in [0.2, 0.25) is 0 Å². The van der Waals surface area contributed by atoms with Crippen LogP contribution in [0.5, 0.6) is 0 Å². The number of nitrogens with two attached hydrogens (primary N) is 2. The zero-order valence-electron chi connectivity index (χ0n) is 15.3. The van der Waals surface area contributed by atoms with Crippen molar-refractivity contribution in [2.45, 2.75) is 45.8 Å². The van der Waals surface area contributed by atoms with E-state index >= 15 is 0 Å². The monoisotopic (exact) mass is 348 g/mol. The van der Waals surface area contributed by atoms with E-state index in [4.69, 9.17) is 20.9 Å². The van der Waals surface area contributed by atoms with Crippen LogP contribution in [0.25, 0.3) is 0 Å². The van der Waals surface area contributed by atoms with Gasteiger partial charge in [0.15, 0.2) is 0 Å². The first-order valence-corrected chi connectivity index (χ1v) is 8.40. The first-order valence-electron chi connectivity index (χ1n) is 8.40. The van der Waals surface area contributed by atoms with Crippen molar-refractivity contribution in [3.8, 4) is 0 Å². The number of carbonyl (C=O) groups excluding carboxylic acids is 1. The van der Waals surface area contributed by atoms with E-state index in [-0.39, 0.29) is 12.6 Å². The number of carbonyl (C=O) groups is 1. The third-order valence-electron chi connectivity index (χ3n) is 4.89. The van der Waals surface area contributed by atoms with Gasteiger partial charge in [0.1, 0.15) is 0 Å². The minimum atomic E-state index is -0.930. The summed E-state index contributed by atoms with van der Waals surface area (Å²) in [4.78, 5) is 12.4. The fourth-order valence-electron chi connectivity index (χ4n) is 3.50. The molecule has 25 heavy (non-hydrogen) atoms. The van der Waals surface area contributed by atoms with Crippen LogP contribution < -0.4 is 11.5 Å². The lowest BCUT2D eigenvalue weighted by Crippen LogP contribution is -2.35. The molecule has 0 fully saturated rings. The molecule has 0 aliphatic heterocycles. The molecule has 0 saturated heterocycles. The number of aryl methyl sites for hydroxylation is 1. The van der Waals surface area contributed by atoms with Crippen LogP contribution in [0.2, 0.25) is 0 Å². The van der Waals surface area contributed by atoms with E-state index in [1.807, 2.05) is 19.1 Å². The first-order chi connectivity index (χ1) is 11.7. The Morgan fingerprint density at radius 2 is 2.16 bits per heavy atom. The van der Waals surface area contributed by atoms with Crippen LogP contribution >= 0.6 is 0 Å². The quantitative estimate of drug-likeness (QED) is 0.679. The summed E-state index contributed by atoms with van der Waals surface area (Å²) in [6.07, 6.45) is 1.64. The highest BCUT2D eigenvalue weighted by Crippen LogP contribution is 2.44. The van der Waals surface area contributed by atoms with E-state index in [0.717, 1.165) is 28.7 Å². The van der Waals surface area contributed by atoms with E-state index in [1.165, 1.54) is 13.3 Å². The van der Waals surface area contributed by atoms with Gasteiger partial charge in [-0.2, -0.15) is 0 Å². The van der Waals surface area contributed by atoms with E-state index in [1.54, 1.807) is 13.8 Å². The molecule has 1 aliphatic carbocycles. The molecule has 138 valence electrons. The molecular weight excluding hydrogens is 320 g/mol. The summed E-state index contributed by atoms with van der Waals surface area (Å²) < 4.78 is 11.0. The number of aliphatic hydroxyl groups excluding tert-OH is 1. The Hall–Kier alpha value is -2.05. The van der Waals surface area contributed by atoms with Gasteiger partial charge < -0.3 is 26.0 Å². The number of esters is 1. The Labute approximate surface area is 148 Å². The highest BCUT2D eigenvalue weighted by Gasteiger charge is 2.42. The van der Waals surface area contributed by atoms with Crippen molar-refractivity contribution in [3.05, 3.63) is 46.3 Å². The molecule has 0 saturated carbocycles. The normalized spacial score (nSPS) is 18.8. The summed E-state index contributed by atoms with van der Waals surface area (Å²) in [6, 6.07) is 3.92. The fourth-order valence-corrected chi connectivity index (χ4v) is 3.50. The van der Waals surface area contributed by atoms with E-state index in [0.29, 0.717) is 12.1 Å². The van der Waals surface area contributed by atoms with Crippen LogP contribution in [-0.2, 0) is 20.7 Å². The minimum Gasteiger partial charge on any atom is -0.469 e. The van der Waals surface area contributed by atoms with Crippen LogP contribution in [0.1, 0.15) is 54.7 Å². The lowest BCUT2D eigenvalue weighted by atomic mass is 9.79. The van der Waals surface area contributed by atoms with Gasteiger partial charge in [-0.15, -0.1) is 0 Å². The summed E-state index contributed by atoms with van der Waals surface area (Å²) in [7, 11) is 1.36. The molecule has 0 aromatic heterocycles. The summed E-state index contributed by atoms with van der Waals surface area (Å²) in [5, 5.41) is 10.3. The molecule has 0 radical (unpaired) electrons. The van der Waals surface area contributed by atoms with Crippen LogP contribution in [0.3, 0.4) is 0 Å². The summed E-state index contributed by atoms with van der Waals surface area (Å²) >= 11 is 0. The topological polar surface area (TPSA) is 108 Å². The van der Waals surface area contributed by atoms with Crippen molar-refractivity contribution in [2.75, 3.05) is 13.7 Å². The van der Waals surface area contributed by atoms with E-state index in [9.17, 15) is 9.90 Å². The van der Waals surface area contributed by atoms with Crippen molar-refractivity contribution >= 4 is 5.97 Å². The number of hydrogen-bond donors (Lipinski definition) is 3. The Bertz CT molecular complexity index is 682. The molecule has 6 nitrogen and oxygen atoms in total. The smallest absolute Gasteiger partial charge is 0.314 e. The molecule has 1 aromatic carbocycles. The van der Waals surface area contributed by atoms with Gasteiger partial charge in [-0.3, -0.25) is 4.79 Å². The van der Waals surface area contributed by atoms with Crippen LogP contribution in [0.4, 0.5) is 0 Å². The number of methoxy groups -OCH3 is 1. The van der Waals surface area contributed by atoms with Crippen molar-refractivity contribution in [3.63, 3.8) is 0 Å². The Morgan fingerprint density at radius 1 is 1.48 bits per heavy atom. The summed E-state index contributed by atoms with van der Waals surface area (Å²) in [5.41, 5.74) is 14.6.